The molecular formula is C29H38N2O6. The standard InChI is InChI=1S/C29H38N2O6/c1-5-7-8-9-17-36-28(35)23-22-12-13-29(37-22)24(23)26(33)31(15-16-32)25(29)27(34)30(14-6-2)21-18-19(3)10-11-20(21)4/h5-6,10-11,18,22-25,32H,1-2,7-9,12-17H2,3-4H3/t22-,23+,24-,25?,29?/m0/s1. The van der Waals surface area contributed by atoms with Gasteiger partial charge < -0.3 is 24.4 Å². The van der Waals surface area contributed by atoms with Gasteiger partial charge in [0.2, 0.25) is 5.91 Å². The number of benzene rings is 1. The van der Waals surface area contributed by atoms with Crippen LogP contribution in [0.3, 0.4) is 0 Å². The minimum atomic E-state index is -1.13. The normalized spacial score (nSPS) is 27.8. The van der Waals surface area contributed by atoms with Crippen molar-refractivity contribution in [2.45, 2.75) is 63.7 Å². The van der Waals surface area contributed by atoms with E-state index in [1.807, 2.05) is 38.1 Å². The van der Waals surface area contributed by atoms with Crippen molar-refractivity contribution in [1.29, 1.82) is 0 Å². The molecule has 1 aromatic rings. The maximum atomic E-state index is 14.3. The third kappa shape index (κ3) is 4.73. The van der Waals surface area contributed by atoms with Gasteiger partial charge >= 0.3 is 5.97 Å². The Morgan fingerprint density at radius 2 is 2.05 bits per heavy atom. The summed E-state index contributed by atoms with van der Waals surface area (Å²) in [5, 5.41) is 9.80. The van der Waals surface area contributed by atoms with Gasteiger partial charge in [0.25, 0.3) is 5.91 Å². The molecule has 8 nitrogen and oxygen atoms in total. The number of aryl methyl sites for hydroxylation is 2. The van der Waals surface area contributed by atoms with Crippen molar-refractivity contribution in [2.24, 2.45) is 11.8 Å². The Balaban J connectivity index is 1.66. The summed E-state index contributed by atoms with van der Waals surface area (Å²) in [6.45, 7) is 11.6. The number of carbonyl (C=O) groups excluding carboxylic acids is 3. The second-order valence-corrected chi connectivity index (χ2v) is 10.3. The summed E-state index contributed by atoms with van der Waals surface area (Å²) in [4.78, 5) is 44.3. The smallest absolute Gasteiger partial charge is 0.312 e. The number of allylic oxidation sites excluding steroid dienone is 1. The average Bonchev–Trinajstić information content (AvgIpc) is 3.51. The summed E-state index contributed by atoms with van der Waals surface area (Å²) < 4.78 is 12.0. The molecule has 0 aromatic heterocycles. The average molecular weight is 511 g/mol. The molecule has 3 heterocycles. The van der Waals surface area contributed by atoms with E-state index in [0.29, 0.717) is 19.3 Å². The maximum absolute atomic E-state index is 14.3. The van der Waals surface area contributed by atoms with Crippen LogP contribution in [0, 0.1) is 25.7 Å². The fourth-order valence-electron chi connectivity index (χ4n) is 6.30. The molecule has 2 bridgehead atoms. The number of unbranched alkanes of at least 4 members (excludes halogenated alkanes) is 2. The summed E-state index contributed by atoms with van der Waals surface area (Å²) in [5.74, 6) is -2.64. The molecule has 0 radical (unpaired) electrons. The summed E-state index contributed by atoms with van der Waals surface area (Å²) in [7, 11) is 0. The van der Waals surface area contributed by atoms with Crippen molar-refractivity contribution in [1.82, 2.24) is 4.90 Å². The van der Waals surface area contributed by atoms with Crippen LogP contribution in [0.2, 0.25) is 0 Å². The highest BCUT2D eigenvalue weighted by Crippen LogP contribution is 2.58. The van der Waals surface area contributed by atoms with Crippen LogP contribution < -0.4 is 4.90 Å². The number of esters is 1. The maximum Gasteiger partial charge on any atom is 0.312 e. The van der Waals surface area contributed by atoms with Gasteiger partial charge in [-0.25, -0.2) is 0 Å². The van der Waals surface area contributed by atoms with Gasteiger partial charge in [-0.2, -0.15) is 0 Å². The minimum absolute atomic E-state index is 0.0143. The second-order valence-electron chi connectivity index (χ2n) is 10.3. The van der Waals surface area contributed by atoms with E-state index in [1.165, 1.54) is 4.90 Å². The number of likely N-dealkylation sites (tertiary alicyclic amines) is 1. The lowest BCUT2D eigenvalue weighted by atomic mass is 9.70. The van der Waals surface area contributed by atoms with Gasteiger partial charge in [-0.1, -0.05) is 24.3 Å². The van der Waals surface area contributed by atoms with Crippen LogP contribution in [-0.4, -0.2) is 71.8 Å². The molecule has 0 aliphatic carbocycles. The number of rotatable bonds is 12. The fraction of sp³-hybridized carbons (Fsp3) is 0.552. The quantitative estimate of drug-likeness (QED) is 0.264. The first-order valence-corrected chi connectivity index (χ1v) is 13.2. The monoisotopic (exact) mass is 510 g/mol. The zero-order chi connectivity index (χ0) is 26.7. The fourth-order valence-corrected chi connectivity index (χ4v) is 6.30. The number of aliphatic hydroxyl groups is 1. The van der Waals surface area contributed by atoms with Crippen molar-refractivity contribution < 1.29 is 29.0 Å². The number of anilines is 1. The summed E-state index contributed by atoms with van der Waals surface area (Å²) in [5.41, 5.74) is 1.53. The van der Waals surface area contributed by atoms with Crippen molar-refractivity contribution in [3.8, 4) is 0 Å². The lowest BCUT2D eigenvalue weighted by molar-refractivity contribution is -0.155. The molecule has 0 saturated carbocycles. The van der Waals surface area contributed by atoms with Crippen molar-refractivity contribution >= 4 is 23.5 Å². The summed E-state index contributed by atoms with van der Waals surface area (Å²) in [6.07, 6.45) is 6.50. The molecule has 1 aromatic carbocycles. The molecule has 5 atom stereocenters. The first-order valence-electron chi connectivity index (χ1n) is 13.2. The van der Waals surface area contributed by atoms with Crippen LogP contribution in [0.4, 0.5) is 5.69 Å². The van der Waals surface area contributed by atoms with E-state index in [0.717, 1.165) is 29.7 Å². The van der Waals surface area contributed by atoms with Gasteiger partial charge in [-0.15, -0.1) is 13.2 Å². The van der Waals surface area contributed by atoms with Crippen LogP contribution in [-0.2, 0) is 23.9 Å². The van der Waals surface area contributed by atoms with Crippen molar-refractivity contribution in [3.63, 3.8) is 0 Å². The van der Waals surface area contributed by atoms with E-state index in [9.17, 15) is 19.5 Å². The van der Waals surface area contributed by atoms with Gasteiger partial charge in [0.05, 0.1) is 31.2 Å². The molecule has 1 N–H and O–H groups in total. The second kappa shape index (κ2) is 11.2. The van der Waals surface area contributed by atoms with Gasteiger partial charge in [0, 0.05) is 18.8 Å². The third-order valence-corrected chi connectivity index (χ3v) is 7.93. The van der Waals surface area contributed by atoms with Crippen molar-refractivity contribution in [2.75, 3.05) is 31.2 Å². The number of β-amino-alcohol motifs (C(OH)–C–C–N with tert-alkyl or cyclic N) is 1. The van der Waals surface area contributed by atoms with Crippen LogP contribution in [0.15, 0.2) is 43.5 Å². The Morgan fingerprint density at radius 3 is 2.76 bits per heavy atom. The largest absolute Gasteiger partial charge is 0.465 e. The number of amides is 2. The SMILES string of the molecule is C=CCCCCOC(=O)[C@@H]1[C@@H]2CCC3(O2)C(C(=O)N(CC=C)c2cc(C)ccc2C)N(CCO)C(=O)[C@H]13. The Morgan fingerprint density at radius 1 is 1.27 bits per heavy atom. The number of ether oxygens (including phenoxy) is 2. The number of fused-ring (bicyclic) bond motifs is 1. The number of aliphatic hydroxyl groups excluding tert-OH is 1. The lowest BCUT2D eigenvalue weighted by Gasteiger charge is -2.37. The number of hydrogen-bond acceptors (Lipinski definition) is 6. The van der Waals surface area contributed by atoms with E-state index in [-0.39, 0.29) is 38.1 Å². The topological polar surface area (TPSA) is 96.4 Å². The molecule has 3 aliphatic rings. The molecule has 4 rings (SSSR count). The summed E-state index contributed by atoms with van der Waals surface area (Å²) in [6, 6.07) is 4.93. The molecular weight excluding hydrogens is 472 g/mol. The van der Waals surface area contributed by atoms with E-state index in [4.69, 9.17) is 9.47 Å². The number of hydrogen-bond donors (Lipinski definition) is 1. The first kappa shape index (κ1) is 27.1. The lowest BCUT2D eigenvalue weighted by Crippen LogP contribution is -2.57. The van der Waals surface area contributed by atoms with E-state index >= 15 is 0 Å². The zero-order valence-electron chi connectivity index (χ0n) is 21.9. The molecule has 2 unspecified atom stereocenters. The zero-order valence-corrected chi connectivity index (χ0v) is 21.9. The van der Waals surface area contributed by atoms with E-state index in [2.05, 4.69) is 13.2 Å². The highest BCUT2D eigenvalue weighted by atomic mass is 16.6. The van der Waals surface area contributed by atoms with Crippen LogP contribution >= 0.6 is 0 Å². The van der Waals surface area contributed by atoms with Crippen molar-refractivity contribution in [3.05, 3.63) is 54.6 Å². The Hall–Kier alpha value is -2.97. The Bertz CT molecular complexity index is 1070. The molecule has 3 saturated heterocycles. The highest BCUT2D eigenvalue weighted by Gasteiger charge is 2.75. The van der Waals surface area contributed by atoms with Gasteiger partial charge in [-0.05, 0) is 63.1 Å². The molecule has 37 heavy (non-hydrogen) atoms. The van der Waals surface area contributed by atoms with Gasteiger partial charge in [0.1, 0.15) is 11.6 Å². The molecule has 200 valence electrons. The molecule has 3 fully saturated rings. The minimum Gasteiger partial charge on any atom is -0.465 e. The number of carbonyl (C=O) groups is 3. The van der Waals surface area contributed by atoms with Gasteiger partial charge in [0.15, 0.2) is 0 Å². The predicted molar refractivity (Wildman–Crippen MR) is 140 cm³/mol. The van der Waals surface area contributed by atoms with E-state index in [1.54, 1.807) is 11.0 Å². The number of nitrogens with zero attached hydrogens (tertiary/aromatic N) is 2. The Kier molecular flexibility index (Phi) is 8.19. The third-order valence-electron chi connectivity index (χ3n) is 7.93. The molecule has 2 amide bonds. The highest BCUT2D eigenvalue weighted by molar-refractivity contribution is 6.05. The van der Waals surface area contributed by atoms with E-state index < -0.39 is 35.6 Å². The van der Waals surface area contributed by atoms with Crippen LogP contribution in [0.25, 0.3) is 0 Å². The predicted octanol–water partition coefficient (Wildman–Crippen LogP) is 3.09. The van der Waals surface area contributed by atoms with Crippen LogP contribution in [0.5, 0.6) is 0 Å². The van der Waals surface area contributed by atoms with Crippen LogP contribution in [0.1, 0.15) is 43.2 Å². The molecule has 1 spiro atoms. The molecule has 8 heteroatoms. The van der Waals surface area contributed by atoms with Gasteiger partial charge in [-0.3, -0.25) is 14.4 Å². The summed E-state index contributed by atoms with van der Waals surface area (Å²) >= 11 is 0. The first-order chi connectivity index (χ1) is 17.8. The Labute approximate surface area is 218 Å². The molecule has 3 aliphatic heterocycles.